The van der Waals surface area contributed by atoms with Gasteiger partial charge in [0.15, 0.2) is 0 Å². The van der Waals surface area contributed by atoms with Gasteiger partial charge in [0.05, 0.1) is 23.1 Å². The normalized spacial score (nSPS) is 22.2. The summed E-state index contributed by atoms with van der Waals surface area (Å²) in [6.45, 7) is 0.446. The lowest BCUT2D eigenvalue weighted by Crippen LogP contribution is -2.54. The minimum atomic E-state index is -0.978. The van der Waals surface area contributed by atoms with Crippen LogP contribution >= 0.6 is 0 Å². The van der Waals surface area contributed by atoms with E-state index in [-0.39, 0.29) is 36.3 Å². The Bertz CT molecular complexity index is 982. The van der Waals surface area contributed by atoms with Crippen LogP contribution < -0.4 is 10.6 Å². The van der Waals surface area contributed by atoms with Crippen molar-refractivity contribution in [3.63, 3.8) is 0 Å². The molecule has 1 saturated heterocycles. The second-order valence-electron chi connectivity index (χ2n) is 8.89. The van der Waals surface area contributed by atoms with Crippen LogP contribution in [0, 0.1) is 0 Å². The lowest BCUT2D eigenvalue weighted by Gasteiger charge is -2.27. The fraction of sp³-hybridized carbons (Fsp3) is 0.522. The molecular formula is C23H27N3O6. The van der Waals surface area contributed by atoms with Crippen molar-refractivity contribution in [2.75, 3.05) is 6.54 Å². The van der Waals surface area contributed by atoms with Crippen LogP contribution in [0.3, 0.4) is 0 Å². The van der Waals surface area contributed by atoms with E-state index in [0.717, 1.165) is 23.3 Å². The van der Waals surface area contributed by atoms with Crippen LogP contribution in [0.2, 0.25) is 0 Å². The van der Waals surface area contributed by atoms with Gasteiger partial charge in [-0.3, -0.25) is 34.2 Å². The first-order chi connectivity index (χ1) is 15.3. The van der Waals surface area contributed by atoms with Gasteiger partial charge in [-0.2, -0.15) is 0 Å². The summed E-state index contributed by atoms with van der Waals surface area (Å²) in [4.78, 5) is 62.1. The lowest BCUT2D eigenvalue weighted by molar-refractivity contribution is -0.136. The zero-order chi connectivity index (χ0) is 22.9. The SMILES string of the molecule is O=C(CC1(O)CCCC1)NCCCc1ccc2c(c1)C(=O)N(C1CCC(=O)NC1=O)C2=O. The first kappa shape index (κ1) is 22.1. The van der Waals surface area contributed by atoms with E-state index in [9.17, 15) is 29.1 Å². The van der Waals surface area contributed by atoms with Gasteiger partial charge in [-0.15, -0.1) is 0 Å². The van der Waals surface area contributed by atoms with Gasteiger partial charge in [0.1, 0.15) is 6.04 Å². The van der Waals surface area contributed by atoms with Crippen molar-refractivity contribution in [2.24, 2.45) is 0 Å². The third-order valence-corrected chi connectivity index (χ3v) is 6.49. The van der Waals surface area contributed by atoms with E-state index in [1.54, 1.807) is 18.2 Å². The molecule has 2 aliphatic heterocycles. The second-order valence-corrected chi connectivity index (χ2v) is 8.89. The maximum absolute atomic E-state index is 12.9. The Hall–Kier alpha value is -3.07. The molecule has 170 valence electrons. The molecule has 3 N–H and O–H groups in total. The highest BCUT2D eigenvalue weighted by Crippen LogP contribution is 2.32. The number of carbonyl (C=O) groups excluding carboxylic acids is 5. The average molecular weight is 441 g/mol. The summed E-state index contributed by atoms with van der Waals surface area (Å²) < 4.78 is 0. The highest BCUT2D eigenvalue weighted by atomic mass is 16.3. The Labute approximate surface area is 185 Å². The van der Waals surface area contributed by atoms with Crippen molar-refractivity contribution in [1.82, 2.24) is 15.5 Å². The Morgan fingerprint density at radius 3 is 2.56 bits per heavy atom. The largest absolute Gasteiger partial charge is 0.389 e. The monoisotopic (exact) mass is 441 g/mol. The predicted octanol–water partition coefficient (Wildman–Crippen LogP) is 0.832. The number of carbonyl (C=O) groups is 5. The Balaban J connectivity index is 1.32. The molecule has 1 aliphatic carbocycles. The fourth-order valence-corrected chi connectivity index (χ4v) is 4.77. The first-order valence-corrected chi connectivity index (χ1v) is 11.1. The zero-order valence-electron chi connectivity index (χ0n) is 17.8. The smallest absolute Gasteiger partial charge is 0.262 e. The number of aryl methyl sites for hydroxylation is 1. The number of hydrogen-bond acceptors (Lipinski definition) is 6. The van der Waals surface area contributed by atoms with Crippen molar-refractivity contribution >= 4 is 29.5 Å². The number of nitrogens with one attached hydrogen (secondary N) is 2. The number of imide groups is 2. The molecule has 9 nitrogen and oxygen atoms in total. The number of rotatable bonds is 7. The summed E-state index contributed by atoms with van der Waals surface area (Å²) in [6.07, 6.45) is 4.79. The number of nitrogens with zero attached hydrogens (tertiary/aromatic N) is 1. The first-order valence-electron chi connectivity index (χ1n) is 11.1. The minimum Gasteiger partial charge on any atom is -0.389 e. The summed E-state index contributed by atoms with van der Waals surface area (Å²) in [5, 5.41) is 15.3. The Kier molecular flexibility index (Phi) is 6.10. The quantitative estimate of drug-likeness (QED) is 0.424. The van der Waals surface area contributed by atoms with E-state index in [4.69, 9.17) is 0 Å². The standard InChI is InChI=1S/C23H27N3O6/c27-18-8-7-17(20(29)25-18)26-21(30)15-6-5-14(12-16(15)22(26)31)4-3-11-24-19(28)13-23(32)9-1-2-10-23/h5-6,12,17,32H,1-4,7-11,13H2,(H,24,28)(H,25,27,29). The summed E-state index contributed by atoms with van der Waals surface area (Å²) >= 11 is 0. The van der Waals surface area contributed by atoms with Crippen molar-refractivity contribution in [2.45, 2.75) is 69.4 Å². The van der Waals surface area contributed by atoms with Crippen LogP contribution in [0.5, 0.6) is 0 Å². The van der Waals surface area contributed by atoms with E-state index in [1.165, 1.54) is 0 Å². The van der Waals surface area contributed by atoms with Gasteiger partial charge in [0.25, 0.3) is 11.8 Å². The molecule has 2 heterocycles. The highest BCUT2D eigenvalue weighted by Gasteiger charge is 2.44. The van der Waals surface area contributed by atoms with E-state index in [2.05, 4.69) is 10.6 Å². The highest BCUT2D eigenvalue weighted by molar-refractivity contribution is 6.23. The van der Waals surface area contributed by atoms with Crippen LogP contribution in [-0.4, -0.2) is 57.7 Å². The number of aliphatic hydroxyl groups is 1. The topological polar surface area (TPSA) is 133 Å². The number of hydrogen-bond donors (Lipinski definition) is 3. The molecule has 0 radical (unpaired) electrons. The molecule has 4 rings (SSSR count). The van der Waals surface area contributed by atoms with Gasteiger partial charge < -0.3 is 10.4 Å². The zero-order valence-corrected chi connectivity index (χ0v) is 17.8. The molecule has 1 aromatic rings. The van der Waals surface area contributed by atoms with Gasteiger partial charge in [-0.25, -0.2) is 0 Å². The second kappa shape index (κ2) is 8.82. The van der Waals surface area contributed by atoms with Gasteiger partial charge in [0.2, 0.25) is 17.7 Å². The van der Waals surface area contributed by atoms with Gasteiger partial charge in [-0.1, -0.05) is 18.9 Å². The summed E-state index contributed by atoms with van der Waals surface area (Å²) in [6, 6.07) is 4.03. The fourth-order valence-electron chi connectivity index (χ4n) is 4.77. The maximum Gasteiger partial charge on any atom is 0.262 e. The molecule has 32 heavy (non-hydrogen) atoms. The number of amides is 5. The molecule has 9 heteroatoms. The summed E-state index contributed by atoms with van der Waals surface area (Å²) in [5.74, 6) is -2.25. The van der Waals surface area contributed by atoms with E-state index in [0.29, 0.717) is 32.2 Å². The molecule has 3 aliphatic rings. The minimum absolute atomic E-state index is 0.0815. The van der Waals surface area contributed by atoms with Crippen LogP contribution in [-0.2, 0) is 20.8 Å². The molecule has 0 aromatic heterocycles. The molecule has 1 atom stereocenters. The Morgan fingerprint density at radius 2 is 1.84 bits per heavy atom. The predicted molar refractivity (Wildman–Crippen MR) is 112 cm³/mol. The third-order valence-electron chi connectivity index (χ3n) is 6.49. The van der Waals surface area contributed by atoms with Crippen LogP contribution in [0.15, 0.2) is 18.2 Å². The van der Waals surface area contributed by atoms with Crippen LogP contribution in [0.1, 0.15) is 77.6 Å². The third kappa shape index (κ3) is 4.43. The van der Waals surface area contributed by atoms with Crippen molar-refractivity contribution in [1.29, 1.82) is 0 Å². The maximum atomic E-state index is 12.9. The van der Waals surface area contributed by atoms with E-state index >= 15 is 0 Å². The van der Waals surface area contributed by atoms with Gasteiger partial charge in [0, 0.05) is 13.0 Å². The van der Waals surface area contributed by atoms with Crippen molar-refractivity contribution in [3.8, 4) is 0 Å². The van der Waals surface area contributed by atoms with Crippen molar-refractivity contribution < 1.29 is 29.1 Å². The molecule has 2 fully saturated rings. The van der Waals surface area contributed by atoms with E-state index < -0.39 is 35.3 Å². The Morgan fingerprint density at radius 1 is 1.12 bits per heavy atom. The van der Waals surface area contributed by atoms with Crippen molar-refractivity contribution in [3.05, 3.63) is 34.9 Å². The number of benzene rings is 1. The summed E-state index contributed by atoms with van der Waals surface area (Å²) in [7, 11) is 0. The molecule has 1 aromatic carbocycles. The van der Waals surface area contributed by atoms with Gasteiger partial charge >= 0.3 is 0 Å². The molecule has 5 amide bonds. The van der Waals surface area contributed by atoms with E-state index in [1.807, 2.05) is 0 Å². The molecular weight excluding hydrogens is 414 g/mol. The lowest BCUT2D eigenvalue weighted by atomic mass is 9.97. The van der Waals surface area contributed by atoms with Crippen LogP contribution in [0.25, 0.3) is 0 Å². The molecule has 0 bridgehead atoms. The van der Waals surface area contributed by atoms with Gasteiger partial charge in [-0.05, 0) is 49.8 Å². The summed E-state index contributed by atoms with van der Waals surface area (Å²) in [5.41, 5.74) is 0.482. The molecule has 0 spiro atoms. The number of piperidine rings is 1. The average Bonchev–Trinajstić information content (AvgIpc) is 3.27. The number of fused-ring (bicyclic) bond motifs is 1. The molecule has 1 unspecified atom stereocenters. The molecule has 1 saturated carbocycles. The van der Waals surface area contributed by atoms with Crippen LogP contribution in [0.4, 0.5) is 0 Å².